The molecule has 0 aliphatic rings. The summed E-state index contributed by atoms with van der Waals surface area (Å²) in [6, 6.07) is 10.0. The van der Waals surface area contributed by atoms with Gasteiger partial charge in [-0.05, 0) is 17.9 Å². The Morgan fingerprint density at radius 3 is 2.38 bits per heavy atom. The van der Waals surface area contributed by atoms with Crippen LogP contribution >= 0.6 is 0 Å². The highest BCUT2D eigenvalue weighted by Crippen LogP contribution is 2.08. The first-order valence-electron chi connectivity index (χ1n) is 7.41. The lowest BCUT2D eigenvalue weighted by Gasteiger charge is -2.23. The van der Waals surface area contributed by atoms with Crippen molar-refractivity contribution in [1.82, 2.24) is 4.90 Å². The quantitative estimate of drug-likeness (QED) is 0.692. The number of carbonyl (C=O) groups is 2. The van der Waals surface area contributed by atoms with E-state index in [-0.39, 0.29) is 18.3 Å². The first kappa shape index (κ1) is 17.2. The zero-order valence-corrected chi connectivity index (χ0v) is 13.2. The van der Waals surface area contributed by atoms with E-state index in [4.69, 9.17) is 0 Å². The first-order chi connectivity index (χ1) is 10.0. The van der Waals surface area contributed by atoms with E-state index in [1.165, 1.54) is 12.7 Å². The molecule has 0 fully saturated rings. The van der Waals surface area contributed by atoms with Crippen molar-refractivity contribution in [3.05, 3.63) is 35.9 Å². The molecule has 0 aromatic heterocycles. The van der Waals surface area contributed by atoms with Crippen molar-refractivity contribution in [2.45, 2.75) is 33.1 Å². The van der Waals surface area contributed by atoms with E-state index in [1.54, 1.807) is 4.90 Å². The van der Waals surface area contributed by atoms with E-state index in [2.05, 4.69) is 4.74 Å². The number of ether oxygens (including phenoxy) is 1. The lowest BCUT2D eigenvalue weighted by molar-refractivity contribution is -0.141. The maximum Gasteiger partial charge on any atom is 0.307 e. The fourth-order valence-electron chi connectivity index (χ4n) is 2.08. The average molecular weight is 291 g/mol. The number of hydrogen-bond acceptors (Lipinski definition) is 3. The third kappa shape index (κ3) is 6.93. The van der Waals surface area contributed by atoms with Gasteiger partial charge in [-0.25, -0.2) is 0 Å². The molecule has 0 bridgehead atoms. The Labute approximate surface area is 127 Å². The monoisotopic (exact) mass is 291 g/mol. The van der Waals surface area contributed by atoms with Crippen molar-refractivity contribution in [3.8, 4) is 0 Å². The third-order valence-electron chi connectivity index (χ3n) is 3.26. The molecular weight excluding hydrogens is 266 g/mol. The number of methoxy groups -OCH3 is 1. The Morgan fingerprint density at radius 2 is 1.81 bits per heavy atom. The van der Waals surface area contributed by atoms with Crippen LogP contribution in [0.2, 0.25) is 0 Å². The lowest BCUT2D eigenvalue weighted by Crippen LogP contribution is -2.35. The molecule has 0 saturated carbocycles. The standard InChI is InChI=1S/C17H25NO3/c1-14(2)13-16(19)18(12-10-17(20)21-3)11-9-15-7-5-4-6-8-15/h4-8,14H,9-13H2,1-3H3. The molecular formula is C17H25NO3. The number of esters is 1. The number of nitrogens with zero attached hydrogens (tertiary/aromatic N) is 1. The molecule has 21 heavy (non-hydrogen) atoms. The molecule has 0 spiro atoms. The van der Waals surface area contributed by atoms with Gasteiger partial charge in [-0.3, -0.25) is 9.59 Å². The number of hydrogen-bond donors (Lipinski definition) is 0. The number of carbonyl (C=O) groups excluding carboxylic acids is 2. The van der Waals surface area contributed by atoms with Crippen LogP contribution in [0.4, 0.5) is 0 Å². The van der Waals surface area contributed by atoms with E-state index >= 15 is 0 Å². The van der Waals surface area contributed by atoms with Crippen LogP contribution in [0.3, 0.4) is 0 Å². The van der Waals surface area contributed by atoms with Gasteiger partial charge < -0.3 is 9.64 Å². The van der Waals surface area contributed by atoms with Gasteiger partial charge in [0.1, 0.15) is 0 Å². The van der Waals surface area contributed by atoms with E-state index < -0.39 is 0 Å². The minimum Gasteiger partial charge on any atom is -0.469 e. The van der Waals surface area contributed by atoms with Gasteiger partial charge in [0, 0.05) is 19.5 Å². The van der Waals surface area contributed by atoms with Crippen LogP contribution in [0.15, 0.2) is 30.3 Å². The summed E-state index contributed by atoms with van der Waals surface area (Å²) in [5.41, 5.74) is 1.19. The number of benzene rings is 1. The second-order valence-corrected chi connectivity index (χ2v) is 5.54. The van der Waals surface area contributed by atoms with E-state index in [0.29, 0.717) is 25.4 Å². The molecule has 1 rings (SSSR count). The molecule has 0 saturated heterocycles. The molecule has 0 N–H and O–H groups in total. The molecule has 1 aromatic rings. The van der Waals surface area contributed by atoms with E-state index in [1.807, 2.05) is 44.2 Å². The smallest absolute Gasteiger partial charge is 0.307 e. The van der Waals surface area contributed by atoms with Crippen molar-refractivity contribution in [2.75, 3.05) is 20.2 Å². The molecule has 0 atom stereocenters. The van der Waals surface area contributed by atoms with E-state index in [9.17, 15) is 9.59 Å². The number of amides is 1. The molecule has 0 aliphatic carbocycles. The van der Waals surface area contributed by atoms with Gasteiger partial charge in [-0.1, -0.05) is 44.2 Å². The van der Waals surface area contributed by atoms with Crippen LogP contribution in [-0.2, 0) is 20.7 Å². The molecule has 0 radical (unpaired) electrons. The summed E-state index contributed by atoms with van der Waals surface area (Å²) in [7, 11) is 1.37. The lowest BCUT2D eigenvalue weighted by atomic mass is 10.1. The van der Waals surface area contributed by atoms with Crippen LogP contribution in [-0.4, -0.2) is 37.0 Å². The fraction of sp³-hybridized carbons (Fsp3) is 0.529. The Morgan fingerprint density at radius 1 is 1.14 bits per heavy atom. The third-order valence-corrected chi connectivity index (χ3v) is 3.26. The highest BCUT2D eigenvalue weighted by atomic mass is 16.5. The normalized spacial score (nSPS) is 10.5. The predicted octanol–water partition coefficient (Wildman–Crippen LogP) is 2.67. The Hall–Kier alpha value is -1.84. The summed E-state index contributed by atoms with van der Waals surface area (Å²) in [6.45, 7) is 5.10. The minimum absolute atomic E-state index is 0.102. The fourth-order valence-corrected chi connectivity index (χ4v) is 2.08. The van der Waals surface area contributed by atoms with Gasteiger partial charge in [-0.15, -0.1) is 0 Å². The zero-order chi connectivity index (χ0) is 15.7. The highest BCUT2D eigenvalue weighted by molar-refractivity contribution is 5.77. The van der Waals surface area contributed by atoms with Crippen molar-refractivity contribution in [2.24, 2.45) is 5.92 Å². The predicted molar refractivity (Wildman–Crippen MR) is 82.8 cm³/mol. The van der Waals surface area contributed by atoms with Crippen LogP contribution in [0.1, 0.15) is 32.3 Å². The second-order valence-electron chi connectivity index (χ2n) is 5.54. The van der Waals surface area contributed by atoms with Crippen molar-refractivity contribution in [1.29, 1.82) is 0 Å². The summed E-state index contributed by atoms with van der Waals surface area (Å²) in [5.74, 6) is 0.136. The summed E-state index contributed by atoms with van der Waals surface area (Å²) in [5, 5.41) is 0. The van der Waals surface area contributed by atoms with Crippen molar-refractivity contribution in [3.63, 3.8) is 0 Å². The van der Waals surface area contributed by atoms with Gasteiger partial charge in [0.25, 0.3) is 0 Å². The Bertz CT molecular complexity index is 443. The molecule has 0 heterocycles. The van der Waals surface area contributed by atoms with Gasteiger partial charge in [-0.2, -0.15) is 0 Å². The summed E-state index contributed by atoms with van der Waals surface area (Å²) >= 11 is 0. The van der Waals surface area contributed by atoms with Crippen molar-refractivity contribution >= 4 is 11.9 Å². The maximum atomic E-state index is 12.2. The molecule has 0 unspecified atom stereocenters. The summed E-state index contributed by atoms with van der Waals surface area (Å²) in [4.78, 5) is 25.3. The van der Waals surface area contributed by atoms with Gasteiger partial charge in [0.05, 0.1) is 13.5 Å². The Kier molecular flexibility index (Phi) is 7.51. The first-order valence-corrected chi connectivity index (χ1v) is 7.41. The molecule has 4 heteroatoms. The van der Waals surface area contributed by atoms with E-state index in [0.717, 1.165) is 6.42 Å². The SMILES string of the molecule is COC(=O)CCN(CCc1ccccc1)C(=O)CC(C)C. The molecule has 4 nitrogen and oxygen atoms in total. The molecule has 116 valence electrons. The van der Waals surface area contributed by atoms with Gasteiger partial charge >= 0.3 is 5.97 Å². The van der Waals surface area contributed by atoms with Crippen LogP contribution in [0.25, 0.3) is 0 Å². The van der Waals surface area contributed by atoms with Gasteiger partial charge in [0.2, 0.25) is 5.91 Å². The van der Waals surface area contributed by atoms with Crippen LogP contribution in [0.5, 0.6) is 0 Å². The Balaban J connectivity index is 2.58. The molecule has 0 aliphatic heterocycles. The van der Waals surface area contributed by atoms with Crippen LogP contribution < -0.4 is 0 Å². The van der Waals surface area contributed by atoms with Gasteiger partial charge in [0.15, 0.2) is 0 Å². The van der Waals surface area contributed by atoms with Crippen molar-refractivity contribution < 1.29 is 14.3 Å². The number of rotatable bonds is 8. The average Bonchev–Trinajstić information content (AvgIpc) is 2.47. The summed E-state index contributed by atoms with van der Waals surface area (Å²) in [6.07, 6.45) is 1.55. The van der Waals surface area contributed by atoms with Crippen LogP contribution in [0, 0.1) is 5.92 Å². The molecule has 1 amide bonds. The minimum atomic E-state index is -0.281. The maximum absolute atomic E-state index is 12.2. The zero-order valence-electron chi connectivity index (χ0n) is 13.2. The topological polar surface area (TPSA) is 46.6 Å². The largest absolute Gasteiger partial charge is 0.469 e. The highest BCUT2D eigenvalue weighted by Gasteiger charge is 2.16. The summed E-state index contributed by atoms with van der Waals surface area (Å²) < 4.78 is 4.65. The molecule has 1 aromatic carbocycles. The second kappa shape index (κ2) is 9.16.